The Morgan fingerprint density at radius 1 is 1.10 bits per heavy atom. The minimum absolute atomic E-state index is 0.0919. The normalized spacial score (nSPS) is 11.6. The molecule has 0 atom stereocenters. The highest BCUT2D eigenvalue weighted by Crippen LogP contribution is 2.28. The molecule has 1 amide bonds. The van der Waals surface area contributed by atoms with Gasteiger partial charge in [0.05, 0.1) is 17.3 Å². The Hall–Kier alpha value is -3.32. The Morgan fingerprint density at radius 2 is 1.83 bits per heavy atom. The van der Waals surface area contributed by atoms with Gasteiger partial charge in [-0.15, -0.1) is 11.3 Å². The molecule has 0 fully saturated rings. The number of carbonyl (C=O) groups is 1. The van der Waals surface area contributed by atoms with Crippen LogP contribution in [0.15, 0.2) is 64.9 Å². The number of hydrogen-bond donors (Lipinski definition) is 1. The number of amides is 1. The highest BCUT2D eigenvalue weighted by atomic mass is 32.1. The van der Waals surface area contributed by atoms with Crippen molar-refractivity contribution in [2.24, 2.45) is 0 Å². The van der Waals surface area contributed by atoms with E-state index in [0.29, 0.717) is 10.5 Å². The van der Waals surface area contributed by atoms with Crippen LogP contribution in [0.5, 0.6) is 0 Å². The van der Waals surface area contributed by atoms with Gasteiger partial charge >= 0.3 is 0 Å². The summed E-state index contributed by atoms with van der Waals surface area (Å²) in [6, 6.07) is 15.5. The molecule has 0 aliphatic rings. The first-order valence-electron chi connectivity index (χ1n) is 9.62. The van der Waals surface area contributed by atoms with Crippen molar-refractivity contribution in [1.82, 2.24) is 14.8 Å². The number of fused-ring (bicyclic) bond motifs is 1. The molecule has 0 radical (unpaired) electrons. The average molecular weight is 419 g/mol. The van der Waals surface area contributed by atoms with Crippen molar-refractivity contribution in [1.29, 1.82) is 0 Å². The van der Waals surface area contributed by atoms with Crippen molar-refractivity contribution in [2.75, 3.05) is 5.32 Å². The van der Waals surface area contributed by atoms with Crippen molar-refractivity contribution in [2.45, 2.75) is 32.7 Å². The minimum atomic E-state index is -0.344. The van der Waals surface area contributed by atoms with Crippen LogP contribution in [0.3, 0.4) is 0 Å². The van der Waals surface area contributed by atoms with Crippen molar-refractivity contribution < 1.29 is 4.79 Å². The molecule has 4 aromatic rings. The number of nitrogens with zero attached hydrogens (tertiary/aromatic N) is 3. The second-order valence-corrected chi connectivity index (χ2v) is 8.97. The van der Waals surface area contributed by atoms with Gasteiger partial charge in [-0.1, -0.05) is 63.2 Å². The van der Waals surface area contributed by atoms with Crippen LogP contribution in [0.2, 0.25) is 0 Å². The van der Waals surface area contributed by atoms with Crippen LogP contribution in [0.1, 0.15) is 26.3 Å². The number of hydrogen-bond acceptors (Lipinski definition) is 5. The van der Waals surface area contributed by atoms with Gasteiger partial charge in [-0.2, -0.15) is 5.10 Å². The summed E-state index contributed by atoms with van der Waals surface area (Å²) in [5.41, 5.74) is 2.85. The lowest BCUT2D eigenvalue weighted by Gasteiger charge is -2.18. The molecule has 0 unspecified atom stereocenters. The molecular weight excluding hydrogens is 396 g/mol. The first-order valence-corrected chi connectivity index (χ1v) is 10.5. The third-order valence-corrected chi connectivity index (χ3v) is 5.61. The quantitative estimate of drug-likeness (QED) is 0.531. The van der Waals surface area contributed by atoms with Gasteiger partial charge < -0.3 is 5.32 Å². The van der Waals surface area contributed by atoms with E-state index in [4.69, 9.17) is 0 Å². The number of carbonyl (C=O) groups excluding carboxylic acids is 1. The first kappa shape index (κ1) is 20.0. The van der Waals surface area contributed by atoms with E-state index in [1.54, 1.807) is 18.3 Å². The average Bonchev–Trinajstić information content (AvgIpc) is 3.18. The third-order valence-electron chi connectivity index (χ3n) is 4.85. The molecule has 1 N–H and O–H groups in total. The van der Waals surface area contributed by atoms with Crippen LogP contribution in [0, 0.1) is 0 Å². The summed E-state index contributed by atoms with van der Waals surface area (Å²) < 4.78 is 1.16. The van der Waals surface area contributed by atoms with Crippen LogP contribution < -0.4 is 10.9 Å². The van der Waals surface area contributed by atoms with Gasteiger partial charge in [-0.05, 0) is 17.0 Å². The van der Waals surface area contributed by atoms with Gasteiger partial charge in [0, 0.05) is 16.3 Å². The van der Waals surface area contributed by atoms with E-state index in [-0.39, 0.29) is 23.4 Å². The monoisotopic (exact) mass is 418 g/mol. The lowest BCUT2D eigenvalue weighted by atomic mass is 9.86. The van der Waals surface area contributed by atoms with E-state index in [1.165, 1.54) is 16.9 Å². The number of thiazole rings is 1. The molecule has 0 bridgehead atoms. The molecule has 2 aromatic carbocycles. The number of benzene rings is 2. The molecule has 30 heavy (non-hydrogen) atoms. The fraction of sp³-hybridized carbons (Fsp3) is 0.217. The van der Waals surface area contributed by atoms with E-state index < -0.39 is 0 Å². The highest BCUT2D eigenvalue weighted by molar-refractivity contribution is 7.14. The third kappa shape index (κ3) is 4.16. The molecular formula is C23H22N4O2S. The molecule has 2 aromatic heterocycles. The van der Waals surface area contributed by atoms with Crippen molar-refractivity contribution in [3.63, 3.8) is 0 Å². The standard InChI is InChI=1S/C23H22N4O2S/c1-23(2,3)17-10-8-15(9-11-17)19-14-30-22(25-19)26-20(28)13-27-21(29)18-7-5-4-6-16(18)12-24-27/h4-12,14H,13H2,1-3H3,(H,25,26,28). The van der Waals surface area contributed by atoms with Gasteiger partial charge in [-0.3, -0.25) is 9.59 Å². The van der Waals surface area contributed by atoms with Crippen LogP contribution in [-0.2, 0) is 16.8 Å². The fourth-order valence-corrected chi connectivity index (χ4v) is 3.88. The molecule has 4 rings (SSSR count). The number of rotatable bonds is 4. The smallest absolute Gasteiger partial charge is 0.275 e. The number of aromatic nitrogens is 3. The predicted octanol–water partition coefficient (Wildman–Crippen LogP) is 4.46. The Morgan fingerprint density at radius 3 is 2.57 bits per heavy atom. The maximum atomic E-state index is 12.5. The molecule has 152 valence electrons. The Labute approximate surface area is 178 Å². The van der Waals surface area contributed by atoms with E-state index in [0.717, 1.165) is 21.3 Å². The lowest BCUT2D eigenvalue weighted by molar-refractivity contribution is -0.117. The summed E-state index contributed by atoms with van der Waals surface area (Å²) in [4.78, 5) is 29.4. The summed E-state index contributed by atoms with van der Waals surface area (Å²) in [5.74, 6) is -0.344. The number of nitrogens with one attached hydrogen (secondary N) is 1. The summed E-state index contributed by atoms with van der Waals surface area (Å²) in [6.07, 6.45) is 1.59. The first-order chi connectivity index (χ1) is 14.3. The SMILES string of the molecule is CC(C)(C)c1ccc(-c2csc(NC(=O)Cn3ncc4ccccc4c3=O)n2)cc1. The molecule has 0 saturated carbocycles. The highest BCUT2D eigenvalue weighted by Gasteiger charge is 2.14. The zero-order valence-electron chi connectivity index (χ0n) is 17.0. The van der Waals surface area contributed by atoms with E-state index in [9.17, 15) is 9.59 Å². The fourth-order valence-electron chi connectivity index (χ4n) is 3.14. The Bertz CT molecular complexity index is 1270. The molecule has 0 aliphatic heterocycles. The van der Waals surface area contributed by atoms with Crippen LogP contribution in [-0.4, -0.2) is 20.7 Å². The number of anilines is 1. The molecule has 7 heteroatoms. The molecule has 2 heterocycles. The minimum Gasteiger partial charge on any atom is -0.300 e. The van der Waals surface area contributed by atoms with Crippen LogP contribution in [0.4, 0.5) is 5.13 Å². The Kier molecular flexibility index (Phi) is 5.22. The van der Waals surface area contributed by atoms with Gasteiger partial charge in [-0.25, -0.2) is 9.67 Å². The maximum absolute atomic E-state index is 12.5. The topological polar surface area (TPSA) is 76.9 Å². The van der Waals surface area contributed by atoms with Crippen molar-refractivity contribution in [3.05, 3.63) is 76.0 Å². The van der Waals surface area contributed by atoms with Gasteiger partial charge in [0.25, 0.3) is 5.56 Å². The summed E-state index contributed by atoms with van der Waals surface area (Å²) in [6.45, 7) is 6.36. The second-order valence-electron chi connectivity index (χ2n) is 8.11. The second kappa shape index (κ2) is 7.84. The van der Waals surface area contributed by atoms with Gasteiger partial charge in [0.15, 0.2) is 5.13 Å². The van der Waals surface area contributed by atoms with Gasteiger partial charge in [0.1, 0.15) is 6.54 Å². The Balaban J connectivity index is 1.47. The van der Waals surface area contributed by atoms with E-state index in [1.807, 2.05) is 29.6 Å². The zero-order valence-corrected chi connectivity index (χ0v) is 17.9. The van der Waals surface area contributed by atoms with Crippen molar-refractivity contribution >= 4 is 33.1 Å². The largest absolute Gasteiger partial charge is 0.300 e. The molecule has 0 aliphatic carbocycles. The van der Waals surface area contributed by atoms with E-state index >= 15 is 0 Å². The predicted molar refractivity (Wildman–Crippen MR) is 121 cm³/mol. The maximum Gasteiger partial charge on any atom is 0.275 e. The van der Waals surface area contributed by atoms with Crippen molar-refractivity contribution in [3.8, 4) is 11.3 Å². The van der Waals surface area contributed by atoms with Crippen LogP contribution in [0.25, 0.3) is 22.0 Å². The summed E-state index contributed by atoms with van der Waals surface area (Å²) in [5, 5.41) is 10.5. The zero-order chi connectivity index (χ0) is 21.3. The van der Waals surface area contributed by atoms with Crippen LogP contribution >= 0.6 is 11.3 Å². The molecule has 0 saturated heterocycles. The van der Waals surface area contributed by atoms with Gasteiger partial charge in [0.2, 0.25) is 5.91 Å². The summed E-state index contributed by atoms with van der Waals surface area (Å²) in [7, 11) is 0. The lowest BCUT2D eigenvalue weighted by Crippen LogP contribution is -2.29. The molecule has 6 nitrogen and oxygen atoms in total. The summed E-state index contributed by atoms with van der Waals surface area (Å²) >= 11 is 1.35. The molecule has 0 spiro atoms. The van der Waals surface area contributed by atoms with E-state index in [2.05, 4.69) is 48.3 Å².